The summed E-state index contributed by atoms with van der Waals surface area (Å²) in [6, 6.07) is -0.944. The molecule has 20 heavy (non-hydrogen) atoms. The van der Waals surface area contributed by atoms with Gasteiger partial charge in [-0.1, -0.05) is 6.08 Å². The zero-order valence-corrected chi connectivity index (χ0v) is 12.3. The van der Waals surface area contributed by atoms with Crippen LogP contribution in [0.15, 0.2) is 12.7 Å². The van der Waals surface area contributed by atoms with Crippen molar-refractivity contribution in [2.75, 3.05) is 13.7 Å². The second kappa shape index (κ2) is 6.07. The number of hydrogen-bond donors (Lipinski definition) is 0. The van der Waals surface area contributed by atoms with E-state index in [1.807, 2.05) is 0 Å². The number of hydrogen-bond acceptors (Lipinski definition) is 5. The van der Waals surface area contributed by atoms with Gasteiger partial charge in [-0.05, 0) is 27.2 Å². The molecule has 112 valence electrons. The molecule has 0 saturated carbocycles. The number of esters is 1. The van der Waals surface area contributed by atoms with Crippen molar-refractivity contribution in [3.63, 3.8) is 0 Å². The molecule has 0 aromatic heterocycles. The molecule has 0 spiro atoms. The summed E-state index contributed by atoms with van der Waals surface area (Å²) in [6.07, 6.45) is 1.18. The minimum atomic E-state index is -0.944. The lowest BCUT2D eigenvalue weighted by Gasteiger charge is -2.28. The standard InChI is InChI=1S/C14H21NO5/c1-6-7-9-10(16)8-15(11(9)12(17)19-5)13(18)20-14(2,3)4/h6,9,11H,1,7-8H2,2-5H3/t9?,11-/m0/s1. The Kier molecular flexibility index (Phi) is 4.92. The van der Waals surface area contributed by atoms with Crippen LogP contribution in [0.4, 0.5) is 4.79 Å². The fourth-order valence-corrected chi connectivity index (χ4v) is 2.13. The third kappa shape index (κ3) is 3.59. The van der Waals surface area contributed by atoms with Crippen molar-refractivity contribution in [3.05, 3.63) is 12.7 Å². The van der Waals surface area contributed by atoms with Gasteiger partial charge in [0, 0.05) is 0 Å². The third-order valence-corrected chi connectivity index (χ3v) is 2.95. The normalized spacial score (nSPS) is 22.6. The molecule has 0 bridgehead atoms. The Morgan fingerprint density at radius 2 is 2.05 bits per heavy atom. The Bertz CT molecular complexity index is 424. The average Bonchev–Trinajstić information content (AvgIpc) is 2.65. The summed E-state index contributed by atoms with van der Waals surface area (Å²) in [5.74, 6) is -1.42. The second-order valence-corrected chi connectivity index (χ2v) is 5.67. The van der Waals surface area contributed by atoms with Crippen LogP contribution in [-0.2, 0) is 19.1 Å². The maximum atomic E-state index is 12.1. The van der Waals surface area contributed by atoms with Crippen LogP contribution in [0.1, 0.15) is 27.2 Å². The van der Waals surface area contributed by atoms with Crippen LogP contribution in [0.3, 0.4) is 0 Å². The number of rotatable bonds is 3. The molecule has 6 heteroatoms. The number of Topliss-reactive ketones (excluding diaryl/α,β-unsaturated/α-hetero) is 1. The Morgan fingerprint density at radius 3 is 2.50 bits per heavy atom. The molecule has 1 aliphatic heterocycles. The van der Waals surface area contributed by atoms with Crippen molar-refractivity contribution < 1.29 is 23.9 Å². The molecule has 0 N–H and O–H groups in total. The van der Waals surface area contributed by atoms with Gasteiger partial charge in [-0.25, -0.2) is 9.59 Å². The Labute approximate surface area is 118 Å². The van der Waals surface area contributed by atoms with Gasteiger partial charge in [0.1, 0.15) is 11.6 Å². The predicted octanol–water partition coefficient (Wildman–Crippen LogP) is 1.54. The monoisotopic (exact) mass is 283 g/mol. The zero-order valence-electron chi connectivity index (χ0n) is 12.3. The average molecular weight is 283 g/mol. The van der Waals surface area contributed by atoms with Crippen LogP contribution in [-0.4, -0.2) is 48.0 Å². The van der Waals surface area contributed by atoms with Gasteiger partial charge in [0.2, 0.25) is 0 Å². The van der Waals surface area contributed by atoms with Gasteiger partial charge in [0.05, 0.1) is 19.6 Å². The lowest BCUT2D eigenvalue weighted by molar-refractivity contribution is -0.147. The van der Waals surface area contributed by atoms with E-state index in [1.165, 1.54) is 7.11 Å². The van der Waals surface area contributed by atoms with E-state index in [1.54, 1.807) is 26.8 Å². The minimum absolute atomic E-state index is 0.146. The van der Waals surface area contributed by atoms with Gasteiger partial charge in [-0.2, -0.15) is 0 Å². The van der Waals surface area contributed by atoms with E-state index in [0.717, 1.165) is 4.90 Å². The molecular weight excluding hydrogens is 262 g/mol. The number of ketones is 1. The van der Waals surface area contributed by atoms with E-state index >= 15 is 0 Å². The van der Waals surface area contributed by atoms with Crippen molar-refractivity contribution in [3.8, 4) is 0 Å². The molecule has 1 heterocycles. The lowest BCUT2D eigenvalue weighted by Crippen LogP contribution is -2.46. The first kappa shape index (κ1) is 16.2. The van der Waals surface area contributed by atoms with E-state index < -0.39 is 29.6 Å². The Morgan fingerprint density at radius 1 is 1.45 bits per heavy atom. The molecule has 0 aliphatic carbocycles. The number of likely N-dealkylation sites (tertiary alicyclic amines) is 1. The summed E-state index contributed by atoms with van der Waals surface area (Å²) >= 11 is 0. The number of carbonyl (C=O) groups excluding carboxylic acids is 3. The molecule has 2 atom stereocenters. The van der Waals surface area contributed by atoms with Crippen molar-refractivity contribution in [2.45, 2.75) is 38.8 Å². The first-order valence-corrected chi connectivity index (χ1v) is 6.42. The van der Waals surface area contributed by atoms with E-state index in [4.69, 9.17) is 9.47 Å². The quantitative estimate of drug-likeness (QED) is 0.580. The first-order valence-electron chi connectivity index (χ1n) is 6.42. The molecule has 1 fully saturated rings. The first-order chi connectivity index (χ1) is 9.21. The van der Waals surface area contributed by atoms with Crippen molar-refractivity contribution in [2.24, 2.45) is 5.92 Å². The topological polar surface area (TPSA) is 72.9 Å². The van der Waals surface area contributed by atoms with Crippen molar-refractivity contribution in [1.29, 1.82) is 0 Å². The highest BCUT2D eigenvalue weighted by atomic mass is 16.6. The number of ether oxygens (including phenoxy) is 2. The highest BCUT2D eigenvalue weighted by Crippen LogP contribution is 2.27. The summed E-state index contributed by atoms with van der Waals surface area (Å²) in [5.41, 5.74) is -0.697. The summed E-state index contributed by atoms with van der Waals surface area (Å²) in [7, 11) is 1.23. The molecule has 1 aliphatic rings. The molecular formula is C14H21NO5. The summed E-state index contributed by atoms with van der Waals surface area (Å²) in [6.45, 7) is 8.58. The van der Waals surface area contributed by atoms with Gasteiger partial charge in [0.25, 0.3) is 0 Å². The number of carbonyl (C=O) groups is 3. The molecule has 0 radical (unpaired) electrons. The largest absolute Gasteiger partial charge is 0.467 e. The van der Waals surface area contributed by atoms with Crippen LogP contribution < -0.4 is 0 Å². The zero-order chi connectivity index (χ0) is 15.5. The van der Waals surface area contributed by atoms with E-state index in [-0.39, 0.29) is 12.3 Å². The second-order valence-electron chi connectivity index (χ2n) is 5.67. The fraction of sp³-hybridized carbons (Fsp3) is 0.643. The van der Waals surface area contributed by atoms with E-state index in [2.05, 4.69) is 6.58 Å². The SMILES string of the molecule is C=CCC1C(=O)CN(C(=O)OC(C)(C)C)[C@@H]1C(=O)OC. The highest BCUT2D eigenvalue weighted by molar-refractivity contribution is 5.97. The summed E-state index contributed by atoms with van der Waals surface area (Å²) < 4.78 is 9.92. The van der Waals surface area contributed by atoms with Crippen LogP contribution in [0.5, 0.6) is 0 Å². The molecule has 1 saturated heterocycles. The lowest BCUT2D eigenvalue weighted by atomic mass is 9.96. The smallest absolute Gasteiger partial charge is 0.411 e. The molecule has 1 amide bonds. The number of methoxy groups -OCH3 is 1. The highest BCUT2D eigenvalue weighted by Gasteiger charge is 2.48. The summed E-state index contributed by atoms with van der Waals surface area (Å²) in [5, 5.41) is 0. The van der Waals surface area contributed by atoms with Crippen LogP contribution in [0.25, 0.3) is 0 Å². The predicted molar refractivity (Wildman–Crippen MR) is 72.1 cm³/mol. The fourth-order valence-electron chi connectivity index (χ4n) is 2.13. The van der Waals surface area contributed by atoms with Crippen LogP contribution in [0.2, 0.25) is 0 Å². The van der Waals surface area contributed by atoms with E-state index in [0.29, 0.717) is 6.42 Å². The third-order valence-electron chi connectivity index (χ3n) is 2.95. The molecule has 6 nitrogen and oxygen atoms in total. The number of allylic oxidation sites excluding steroid dienone is 1. The summed E-state index contributed by atoms with van der Waals surface area (Å²) in [4.78, 5) is 37.1. The Hall–Kier alpha value is -1.85. The molecule has 0 aromatic carbocycles. The van der Waals surface area contributed by atoms with Gasteiger partial charge >= 0.3 is 12.1 Å². The number of amides is 1. The Balaban J connectivity index is 2.99. The molecule has 0 aromatic rings. The van der Waals surface area contributed by atoms with Gasteiger partial charge in [0.15, 0.2) is 5.78 Å². The molecule has 1 unspecified atom stereocenters. The van der Waals surface area contributed by atoms with Crippen molar-refractivity contribution >= 4 is 17.8 Å². The van der Waals surface area contributed by atoms with Crippen LogP contribution in [0, 0.1) is 5.92 Å². The molecule has 1 rings (SSSR count). The minimum Gasteiger partial charge on any atom is -0.467 e. The maximum absolute atomic E-state index is 12.1. The van der Waals surface area contributed by atoms with Crippen LogP contribution >= 0.6 is 0 Å². The van der Waals surface area contributed by atoms with Gasteiger partial charge in [-0.15, -0.1) is 6.58 Å². The van der Waals surface area contributed by atoms with E-state index in [9.17, 15) is 14.4 Å². The van der Waals surface area contributed by atoms with Crippen molar-refractivity contribution in [1.82, 2.24) is 4.90 Å². The van der Waals surface area contributed by atoms with Gasteiger partial charge < -0.3 is 9.47 Å². The maximum Gasteiger partial charge on any atom is 0.411 e. The number of nitrogens with zero attached hydrogens (tertiary/aromatic N) is 1. The van der Waals surface area contributed by atoms with Gasteiger partial charge in [-0.3, -0.25) is 9.69 Å².